The molecule has 1 atom stereocenters. The van der Waals surface area contributed by atoms with Crippen LogP contribution in [0.1, 0.15) is 43.0 Å². The summed E-state index contributed by atoms with van der Waals surface area (Å²) in [5, 5.41) is 5.61. The van der Waals surface area contributed by atoms with E-state index in [2.05, 4.69) is 15.6 Å². The lowest BCUT2D eigenvalue weighted by Gasteiger charge is -2.22. The van der Waals surface area contributed by atoms with Gasteiger partial charge in [-0.2, -0.15) is 0 Å². The molecule has 0 aliphatic carbocycles. The Morgan fingerprint density at radius 2 is 2.38 bits per heavy atom. The Bertz CT molecular complexity index is 476. The Balaban J connectivity index is 1.94. The van der Waals surface area contributed by atoms with E-state index in [1.54, 1.807) is 0 Å². The maximum atomic E-state index is 14.2. The molecule has 5 nitrogen and oxygen atoms in total. The first-order valence-corrected chi connectivity index (χ1v) is 7.50. The number of hydrogen-bond acceptors (Lipinski definition) is 4. The van der Waals surface area contributed by atoms with Crippen molar-refractivity contribution >= 4 is 11.7 Å². The van der Waals surface area contributed by atoms with Crippen LogP contribution in [0.25, 0.3) is 0 Å². The minimum atomic E-state index is -0.604. The summed E-state index contributed by atoms with van der Waals surface area (Å²) in [4.78, 5) is 16.0. The highest BCUT2D eigenvalue weighted by Gasteiger charge is 2.18. The van der Waals surface area contributed by atoms with E-state index >= 15 is 0 Å². The second kappa shape index (κ2) is 7.93. The predicted molar refractivity (Wildman–Crippen MR) is 78.9 cm³/mol. The molecule has 2 rings (SSSR count). The highest BCUT2D eigenvalue weighted by Crippen LogP contribution is 2.16. The van der Waals surface area contributed by atoms with Crippen LogP contribution in [-0.4, -0.2) is 36.7 Å². The summed E-state index contributed by atoms with van der Waals surface area (Å²) in [5.74, 6) is -0.907. The van der Waals surface area contributed by atoms with Gasteiger partial charge >= 0.3 is 0 Å². The number of anilines is 1. The van der Waals surface area contributed by atoms with Crippen molar-refractivity contribution in [2.45, 2.75) is 38.7 Å². The molecule has 1 saturated heterocycles. The molecule has 1 unspecified atom stereocenters. The maximum Gasteiger partial charge on any atom is 0.254 e. The molecule has 0 spiro atoms. The smallest absolute Gasteiger partial charge is 0.254 e. The Labute approximate surface area is 124 Å². The van der Waals surface area contributed by atoms with Gasteiger partial charge in [0.15, 0.2) is 11.6 Å². The molecule has 2 heterocycles. The molecule has 6 heteroatoms. The van der Waals surface area contributed by atoms with E-state index in [9.17, 15) is 9.18 Å². The third kappa shape index (κ3) is 4.39. The number of ether oxygens (including phenoxy) is 1. The Morgan fingerprint density at radius 3 is 3.10 bits per heavy atom. The fourth-order valence-electron chi connectivity index (χ4n) is 2.26. The summed E-state index contributed by atoms with van der Waals surface area (Å²) in [5.41, 5.74) is 0.0133. The zero-order valence-corrected chi connectivity index (χ0v) is 12.3. The van der Waals surface area contributed by atoms with Gasteiger partial charge in [0.1, 0.15) is 0 Å². The average Bonchev–Trinajstić information content (AvgIpc) is 2.52. The van der Waals surface area contributed by atoms with Crippen molar-refractivity contribution < 1.29 is 13.9 Å². The summed E-state index contributed by atoms with van der Waals surface area (Å²) in [6.07, 6.45) is 5.43. The fourth-order valence-corrected chi connectivity index (χ4v) is 2.26. The van der Waals surface area contributed by atoms with E-state index in [0.717, 1.165) is 32.3 Å². The van der Waals surface area contributed by atoms with Crippen LogP contribution in [0.4, 0.5) is 10.2 Å². The number of nitrogens with zero attached hydrogens (tertiary/aromatic N) is 1. The first-order chi connectivity index (χ1) is 10.2. The summed E-state index contributed by atoms with van der Waals surface area (Å²) in [7, 11) is 0. The minimum absolute atomic E-state index is 0.0133. The van der Waals surface area contributed by atoms with Gasteiger partial charge in [0, 0.05) is 25.9 Å². The second-order valence-electron chi connectivity index (χ2n) is 5.15. The third-order valence-corrected chi connectivity index (χ3v) is 3.44. The lowest BCUT2D eigenvalue weighted by atomic mass is 10.1. The van der Waals surface area contributed by atoms with Crippen LogP contribution < -0.4 is 10.6 Å². The number of halogens is 1. The van der Waals surface area contributed by atoms with Gasteiger partial charge in [0.25, 0.3) is 5.91 Å². The molecule has 0 aromatic carbocycles. The molecule has 0 saturated carbocycles. The second-order valence-corrected chi connectivity index (χ2v) is 5.15. The van der Waals surface area contributed by atoms with Crippen molar-refractivity contribution in [1.29, 1.82) is 0 Å². The van der Waals surface area contributed by atoms with Crippen LogP contribution >= 0.6 is 0 Å². The number of aromatic nitrogens is 1. The summed E-state index contributed by atoms with van der Waals surface area (Å²) < 4.78 is 19.7. The van der Waals surface area contributed by atoms with E-state index < -0.39 is 11.7 Å². The van der Waals surface area contributed by atoms with Crippen molar-refractivity contribution in [3.63, 3.8) is 0 Å². The predicted octanol–water partition coefficient (Wildman–Crippen LogP) is 2.34. The maximum absolute atomic E-state index is 14.2. The lowest BCUT2D eigenvalue weighted by molar-refractivity contribution is 0.0168. The first-order valence-electron chi connectivity index (χ1n) is 7.50. The van der Waals surface area contributed by atoms with Gasteiger partial charge in [-0.25, -0.2) is 9.37 Å². The number of carbonyl (C=O) groups excluding carboxylic acids is 1. The Morgan fingerprint density at radius 1 is 1.52 bits per heavy atom. The largest absolute Gasteiger partial charge is 0.376 e. The van der Waals surface area contributed by atoms with E-state index in [0.29, 0.717) is 13.1 Å². The quantitative estimate of drug-likeness (QED) is 0.845. The normalized spacial score (nSPS) is 18.3. The molecule has 0 radical (unpaired) electrons. The highest BCUT2D eigenvalue weighted by atomic mass is 19.1. The van der Waals surface area contributed by atoms with Crippen LogP contribution in [0, 0.1) is 5.82 Å². The van der Waals surface area contributed by atoms with Crippen LogP contribution in [0.5, 0.6) is 0 Å². The lowest BCUT2D eigenvalue weighted by Crippen LogP contribution is -2.35. The van der Waals surface area contributed by atoms with Crippen molar-refractivity contribution in [3.05, 3.63) is 23.6 Å². The molecule has 1 aromatic heterocycles. The van der Waals surface area contributed by atoms with Crippen molar-refractivity contribution in [2.75, 3.05) is 25.0 Å². The van der Waals surface area contributed by atoms with Gasteiger partial charge in [-0.1, -0.05) is 6.92 Å². The van der Waals surface area contributed by atoms with Gasteiger partial charge in [0.2, 0.25) is 0 Å². The average molecular weight is 295 g/mol. The first kappa shape index (κ1) is 15.7. The van der Waals surface area contributed by atoms with Crippen LogP contribution in [0.15, 0.2) is 12.3 Å². The van der Waals surface area contributed by atoms with Crippen LogP contribution in [0.2, 0.25) is 0 Å². The zero-order chi connectivity index (χ0) is 15.1. The van der Waals surface area contributed by atoms with Gasteiger partial charge < -0.3 is 15.4 Å². The van der Waals surface area contributed by atoms with Crippen molar-refractivity contribution in [2.24, 2.45) is 0 Å². The number of carbonyl (C=O) groups is 1. The van der Waals surface area contributed by atoms with E-state index in [1.807, 2.05) is 6.92 Å². The standard InChI is InChI=1S/C15H22FN3O2/c1-2-7-17-14-13(16)12(6-8-18-14)15(20)19-10-11-5-3-4-9-21-11/h6,8,11H,2-5,7,9-10H2,1H3,(H,17,18)(H,19,20). The molecule has 1 aliphatic heterocycles. The van der Waals surface area contributed by atoms with Crippen molar-refractivity contribution in [3.8, 4) is 0 Å². The van der Waals surface area contributed by atoms with E-state index in [-0.39, 0.29) is 17.5 Å². The zero-order valence-electron chi connectivity index (χ0n) is 12.3. The van der Waals surface area contributed by atoms with Crippen LogP contribution in [-0.2, 0) is 4.74 Å². The Hall–Kier alpha value is -1.69. The van der Waals surface area contributed by atoms with Crippen molar-refractivity contribution in [1.82, 2.24) is 10.3 Å². The third-order valence-electron chi connectivity index (χ3n) is 3.44. The molecule has 21 heavy (non-hydrogen) atoms. The molecule has 1 fully saturated rings. The highest BCUT2D eigenvalue weighted by molar-refractivity contribution is 5.95. The minimum Gasteiger partial charge on any atom is -0.376 e. The molecule has 0 bridgehead atoms. The van der Waals surface area contributed by atoms with E-state index in [1.165, 1.54) is 12.3 Å². The van der Waals surface area contributed by atoms with Gasteiger partial charge in [0.05, 0.1) is 11.7 Å². The molecular formula is C15H22FN3O2. The SMILES string of the molecule is CCCNc1nccc(C(=O)NCC2CCCCO2)c1F. The summed E-state index contributed by atoms with van der Waals surface area (Å²) in [6.45, 7) is 3.74. The number of nitrogens with one attached hydrogen (secondary N) is 2. The summed E-state index contributed by atoms with van der Waals surface area (Å²) >= 11 is 0. The van der Waals surface area contributed by atoms with Gasteiger partial charge in [-0.3, -0.25) is 4.79 Å². The monoisotopic (exact) mass is 295 g/mol. The molecule has 2 N–H and O–H groups in total. The number of pyridine rings is 1. The van der Waals surface area contributed by atoms with E-state index in [4.69, 9.17) is 4.74 Å². The number of amides is 1. The molecule has 116 valence electrons. The molecular weight excluding hydrogens is 273 g/mol. The Kier molecular flexibility index (Phi) is 5.92. The number of rotatable bonds is 6. The van der Waals surface area contributed by atoms with Gasteiger partial charge in [-0.15, -0.1) is 0 Å². The van der Waals surface area contributed by atoms with Gasteiger partial charge in [-0.05, 0) is 31.7 Å². The molecule has 1 amide bonds. The summed E-state index contributed by atoms with van der Waals surface area (Å²) in [6, 6.07) is 1.39. The molecule has 1 aromatic rings. The fraction of sp³-hybridized carbons (Fsp3) is 0.600. The van der Waals surface area contributed by atoms with Crippen LogP contribution in [0.3, 0.4) is 0 Å². The topological polar surface area (TPSA) is 63.2 Å². The molecule has 1 aliphatic rings. The number of hydrogen-bond donors (Lipinski definition) is 2.